The topological polar surface area (TPSA) is 63.1 Å². The maximum Gasteiger partial charge on any atom is 0.206 e. The number of pyridine rings is 2. The molecular formula is C8H6N2O2S. The lowest BCUT2D eigenvalue weighted by Crippen LogP contribution is -1.94. The fraction of sp³-hybridized carbons (Fsp3) is 0. The van der Waals surface area contributed by atoms with Crippen LogP contribution in [-0.4, -0.2) is 18.7 Å². The van der Waals surface area contributed by atoms with Gasteiger partial charge in [0.25, 0.3) is 0 Å². The smallest absolute Gasteiger partial charge is 0.206 e. The van der Waals surface area contributed by atoms with E-state index in [2.05, 4.69) is 9.97 Å². The lowest BCUT2D eigenvalue weighted by atomic mass is 10.2. The van der Waals surface area contributed by atoms with Gasteiger partial charge in [-0.1, -0.05) is 0 Å². The summed E-state index contributed by atoms with van der Waals surface area (Å²) < 4.78 is 19.7. The van der Waals surface area contributed by atoms with Gasteiger partial charge in [0.1, 0.15) is 0 Å². The first-order valence-corrected chi connectivity index (χ1v) is 4.69. The van der Waals surface area contributed by atoms with Crippen LogP contribution in [-0.2, 0) is 11.1 Å². The molecule has 5 heteroatoms. The van der Waals surface area contributed by atoms with Crippen LogP contribution < -0.4 is 0 Å². The molecule has 2 heterocycles. The third-order valence-electron chi connectivity index (χ3n) is 1.70. The van der Waals surface area contributed by atoms with Crippen molar-refractivity contribution in [3.05, 3.63) is 30.7 Å². The minimum Gasteiger partial charge on any atom is -0.301 e. The highest BCUT2D eigenvalue weighted by Gasteiger charge is 2.06. The van der Waals surface area contributed by atoms with Gasteiger partial charge in [-0.3, -0.25) is 4.98 Å². The molecule has 2 aromatic rings. The lowest BCUT2D eigenvalue weighted by molar-refractivity contribution is 0.561. The van der Waals surface area contributed by atoms with Crippen molar-refractivity contribution < 1.29 is 8.76 Å². The molecule has 0 aliphatic heterocycles. The molecule has 0 radical (unpaired) electrons. The predicted octanol–water partition coefficient (Wildman–Crippen LogP) is 1.21. The van der Waals surface area contributed by atoms with Crippen molar-refractivity contribution in [3.8, 4) is 0 Å². The van der Waals surface area contributed by atoms with Crippen LogP contribution >= 0.6 is 0 Å². The molecule has 0 aliphatic rings. The van der Waals surface area contributed by atoms with Crippen LogP contribution in [0.3, 0.4) is 0 Å². The number of hydrogen-bond donors (Lipinski definition) is 1. The molecule has 1 N–H and O–H groups in total. The van der Waals surface area contributed by atoms with Crippen LogP contribution in [0, 0.1) is 0 Å². The largest absolute Gasteiger partial charge is 0.301 e. The van der Waals surface area contributed by atoms with Crippen molar-refractivity contribution in [1.82, 2.24) is 9.97 Å². The molecule has 0 bridgehead atoms. The second kappa shape index (κ2) is 3.20. The van der Waals surface area contributed by atoms with Crippen molar-refractivity contribution in [2.45, 2.75) is 5.03 Å². The summed E-state index contributed by atoms with van der Waals surface area (Å²) in [7, 11) is 0. The SMILES string of the molecule is O=S(O)c1nccc2ccncc12. The monoisotopic (exact) mass is 194 g/mol. The Morgan fingerprint density at radius 2 is 2.08 bits per heavy atom. The Morgan fingerprint density at radius 3 is 2.85 bits per heavy atom. The Hall–Kier alpha value is -1.33. The lowest BCUT2D eigenvalue weighted by Gasteiger charge is -1.99. The van der Waals surface area contributed by atoms with Gasteiger partial charge in [0.15, 0.2) is 5.03 Å². The van der Waals surface area contributed by atoms with E-state index in [1.54, 1.807) is 18.3 Å². The summed E-state index contributed by atoms with van der Waals surface area (Å²) in [4.78, 5) is 7.69. The fourth-order valence-electron chi connectivity index (χ4n) is 1.12. The molecule has 0 saturated carbocycles. The van der Waals surface area contributed by atoms with E-state index in [9.17, 15) is 4.21 Å². The molecule has 2 rings (SSSR count). The van der Waals surface area contributed by atoms with Crippen molar-refractivity contribution in [1.29, 1.82) is 0 Å². The number of fused-ring (bicyclic) bond motifs is 1. The molecule has 13 heavy (non-hydrogen) atoms. The molecular weight excluding hydrogens is 188 g/mol. The summed E-state index contributed by atoms with van der Waals surface area (Å²) in [5.74, 6) is 0. The standard InChI is InChI=1S/C8H6N2O2S/c11-13(12)8-7-5-9-3-1-6(7)2-4-10-8/h1-5H,(H,11,12). The highest BCUT2D eigenvalue weighted by molar-refractivity contribution is 7.79. The molecule has 2 aromatic heterocycles. The molecule has 0 spiro atoms. The van der Waals surface area contributed by atoms with Gasteiger partial charge >= 0.3 is 0 Å². The highest BCUT2D eigenvalue weighted by atomic mass is 32.2. The van der Waals surface area contributed by atoms with Gasteiger partial charge in [-0.2, -0.15) is 0 Å². The Balaban J connectivity index is 2.83. The van der Waals surface area contributed by atoms with Gasteiger partial charge in [0.2, 0.25) is 11.1 Å². The van der Waals surface area contributed by atoms with Gasteiger partial charge in [-0.15, -0.1) is 0 Å². The van der Waals surface area contributed by atoms with Gasteiger partial charge < -0.3 is 4.55 Å². The Kier molecular flexibility index (Phi) is 2.03. The van der Waals surface area contributed by atoms with Gasteiger partial charge in [0, 0.05) is 24.0 Å². The third kappa shape index (κ3) is 1.43. The summed E-state index contributed by atoms with van der Waals surface area (Å²) in [6, 6.07) is 3.54. The summed E-state index contributed by atoms with van der Waals surface area (Å²) in [6.45, 7) is 0. The molecule has 66 valence electrons. The fourth-order valence-corrected chi connectivity index (χ4v) is 1.63. The average molecular weight is 194 g/mol. The zero-order valence-corrected chi connectivity index (χ0v) is 7.36. The number of nitrogens with zero attached hydrogens (tertiary/aromatic N) is 2. The van der Waals surface area contributed by atoms with E-state index >= 15 is 0 Å². The molecule has 1 unspecified atom stereocenters. The first-order valence-electron chi connectivity index (χ1n) is 3.58. The van der Waals surface area contributed by atoms with Crippen molar-refractivity contribution in [2.24, 2.45) is 0 Å². The third-order valence-corrected chi connectivity index (χ3v) is 2.35. The summed E-state index contributed by atoms with van der Waals surface area (Å²) in [5.41, 5.74) is 0. The van der Waals surface area contributed by atoms with Crippen LogP contribution in [0.15, 0.2) is 35.7 Å². The average Bonchev–Trinajstić information content (AvgIpc) is 2.17. The van der Waals surface area contributed by atoms with Crippen LogP contribution in [0.2, 0.25) is 0 Å². The maximum absolute atomic E-state index is 10.8. The van der Waals surface area contributed by atoms with E-state index in [-0.39, 0.29) is 5.03 Å². The first-order chi connectivity index (χ1) is 6.29. The minimum absolute atomic E-state index is 0.158. The van der Waals surface area contributed by atoms with Crippen molar-refractivity contribution >= 4 is 21.9 Å². The molecule has 0 aliphatic carbocycles. The maximum atomic E-state index is 10.8. The molecule has 0 aromatic carbocycles. The van der Waals surface area contributed by atoms with Gasteiger partial charge in [0.05, 0.1) is 0 Å². The van der Waals surface area contributed by atoms with Gasteiger partial charge in [-0.25, -0.2) is 9.19 Å². The van der Waals surface area contributed by atoms with Crippen LogP contribution in [0.4, 0.5) is 0 Å². The first kappa shape index (κ1) is 8.28. The van der Waals surface area contributed by atoms with Crippen molar-refractivity contribution in [3.63, 3.8) is 0 Å². The number of hydrogen-bond acceptors (Lipinski definition) is 3. The van der Waals surface area contributed by atoms with Crippen LogP contribution in [0.1, 0.15) is 0 Å². The Labute approximate surface area is 76.9 Å². The number of aromatic nitrogens is 2. The second-order valence-corrected chi connectivity index (χ2v) is 3.35. The van der Waals surface area contributed by atoms with E-state index in [1.165, 1.54) is 12.4 Å². The van der Waals surface area contributed by atoms with E-state index < -0.39 is 11.1 Å². The minimum atomic E-state index is -2.05. The van der Waals surface area contributed by atoms with E-state index in [0.29, 0.717) is 5.39 Å². The molecule has 4 nitrogen and oxygen atoms in total. The molecule has 0 amide bonds. The zero-order valence-electron chi connectivity index (χ0n) is 6.54. The molecule has 1 atom stereocenters. The van der Waals surface area contributed by atoms with Crippen molar-refractivity contribution in [2.75, 3.05) is 0 Å². The van der Waals surface area contributed by atoms with Crippen LogP contribution in [0.5, 0.6) is 0 Å². The summed E-state index contributed by atoms with van der Waals surface area (Å²) in [5, 5.41) is 1.64. The Morgan fingerprint density at radius 1 is 1.31 bits per heavy atom. The normalized spacial score (nSPS) is 13.0. The van der Waals surface area contributed by atoms with E-state index in [1.807, 2.05) is 0 Å². The zero-order chi connectivity index (χ0) is 9.26. The van der Waals surface area contributed by atoms with E-state index in [0.717, 1.165) is 5.39 Å². The Bertz CT molecular complexity index is 467. The molecule has 0 saturated heterocycles. The predicted molar refractivity (Wildman–Crippen MR) is 48.6 cm³/mol. The summed E-state index contributed by atoms with van der Waals surface area (Å²) in [6.07, 6.45) is 4.67. The quantitative estimate of drug-likeness (QED) is 0.693. The summed E-state index contributed by atoms with van der Waals surface area (Å²) >= 11 is -2.05. The van der Waals surface area contributed by atoms with E-state index in [4.69, 9.17) is 4.55 Å². The van der Waals surface area contributed by atoms with Gasteiger partial charge in [-0.05, 0) is 17.5 Å². The van der Waals surface area contributed by atoms with Crippen LogP contribution in [0.25, 0.3) is 10.8 Å². The number of rotatable bonds is 1. The second-order valence-electron chi connectivity index (χ2n) is 2.46. The highest BCUT2D eigenvalue weighted by Crippen LogP contribution is 2.16. The molecule has 0 fully saturated rings.